The average molecular weight is 409 g/mol. The van der Waals surface area contributed by atoms with Crippen LogP contribution in [0.2, 0.25) is 0 Å². The van der Waals surface area contributed by atoms with E-state index in [-0.39, 0.29) is 18.2 Å². The van der Waals surface area contributed by atoms with Gasteiger partial charge in [-0.3, -0.25) is 9.69 Å². The molecule has 0 fully saturated rings. The van der Waals surface area contributed by atoms with E-state index < -0.39 is 0 Å². The third-order valence-corrected chi connectivity index (χ3v) is 4.46. The fourth-order valence-electron chi connectivity index (χ4n) is 2.76. The molecule has 0 radical (unpaired) electrons. The molecule has 0 aromatic heterocycles. The van der Waals surface area contributed by atoms with Gasteiger partial charge >= 0.3 is 0 Å². The molecule has 0 bridgehead atoms. The Labute approximate surface area is 177 Å². The number of methoxy groups -OCH3 is 1. The summed E-state index contributed by atoms with van der Waals surface area (Å²) in [4.78, 5) is 16.1. The van der Waals surface area contributed by atoms with E-state index in [0.29, 0.717) is 23.4 Å². The van der Waals surface area contributed by atoms with Crippen LogP contribution in [0.15, 0.2) is 47.6 Å². The zero-order valence-electron chi connectivity index (χ0n) is 17.5. The first-order chi connectivity index (χ1) is 14.4. The largest absolute Gasteiger partial charge is 0.504 e. The second-order valence-electron chi connectivity index (χ2n) is 6.98. The number of likely N-dealkylation sites (N-methyl/N-ethyl adjacent to an activating group) is 2. The van der Waals surface area contributed by atoms with Gasteiger partial charge < -0.3 is 14.7 Å². The van der Waals surface area contributed by atoms with Crippen molar-refractivity contribution in [1.82, 2.24) is 15.2 Å². The molecule has 0 spiro atoms. The lowest BCUT2D eigenvalue weighted by atomic mass is 10.1. The van der Waals surface area contributed by atoms with E-state index in [1.165, 1.54) is 13.3 Å². The molecule has 0 aliphatic carbocycles. The van der Waals surface area contributed by atoms with Gasteiger partial charge in [0.2, 0.25) is 0 Å². The van der Waals surface area contributed by atoms with Crippen molar-refractivity contribution in [2.24, 2.45) is 5.10 Å². The number of hydrogen-bond acceptors (Lipinski definition) is 7. The molecule has 0 saturated heterocycles. The van der Waals surface area contributed by atoms with Gasteiger partial charge in [0.1, 0.15) is 0 Å². The lowest BCUT2D eigenvalue weighted by Crippen LogP contribution is -2.37. The van der Waals surface area contributed by atoms with Crippen LogP contribution in [0.1, 0.15) is 16.7 Å². The molecular formula is C22H27N5O3. The number of ether oxygens (including phenoxy) is 1. The van der Waals surface area contributed by atoms with Crippen molar-refractivity contribution in [2.45, 2.75) is 6.54 Å². The van der Waals surface area contributed by atoms with Crippen molar-refractivity contribution in [3.8, 4) is 17.6 Å². The van der Waals surface area contributed by atoms with Crippen molar-refractivity contribution in [3.63, 3.8) is 0 Å². The Morgan fingerprint density at radius 2 is 1.90 bits per heavy atom. The van der Waals surface area contributed by atoms with Crippen molar-refractivity contribution >= 4 is 12.1 Å². The van der Waals surface area contributed by atoms with Crippen LogP contribution >= 0.6 is 0 Å². The molecule has 0 heterocycles. The van der Waals surface area contributed by atoms with Crippen LogP contribution in [0.4, 0.5) is 0 Å². The van der Waals surface area contributed by atoms with Gasteiger partial charge in [0.15, 0.2) is 11.5 Å². The van der Waals surface area contributed by atoms with E-state index in [0.717, 1.165) is 18.7 Å². The molecule has 158 valence electrons. The highest BCUT2D eigenvalue weighted by Gasteiger charge is 2.08. The van der Waals surface area contributed by atoms with E-state index in [2.05, 4.69) is 21.5 Å². The minimum Gasteiger partial charge on any atom is -0.504 e. The van der Waals surface area contributed by atoms with Gasteiger partial charge in [-0.25, -0.2) is 5.43 Å². The minimum absolute atomic E-state index is 0.0274. The predicted molar refractivity (Wildman–Crippen MR) is 115 cm³/mol. The summed E-state index contributed by atoms with van der Waals surface area (Å²) in [7, 11) is 5.35. The number of hydrazone groups is 1. The van der Waals surface area contributed by atoms with Crippen LogP contribution in [-0.4, -0.2) is 67.9 Å². The van der Waals surface area contributed by atoms with Crippen LogP contribution in [0.3, 0.4) is 0 Å². The Bertz CT molecular complexity index is 906. The molecule has 2 aromatic rings. The van der Waals surface area contributed by atoms with Crippen LogP contribution in [0.25, 0.3) is 0 Å². The smallest absolute Gasteiger partial charge is 0.254 e. The van der Waals surface area contributed by atoms with Crippen molar-refractivity contribution in [3.05, 3.63) is 59.2 Å². The standard InChI is InChI=1S/C22H27N5O3/c1-26(15-18-9-7-17(13-23)8-10-18)11-12-27(2)16-21(28)25-24-14-19-5-4-6-20(30-3)22(19)29/h4-10,14,29H,11-12,15-16H2,1-3H3,(H,25,28)/b24-14+. The summed E-state index contributed by atoms with van der Waals surface area (Å²) in [5, 5.41) is 22.7. The SMILES string of the molecule is COc1cccc(/C=N/NC(=O)CN(C)CCN(C)Cc2ccc(C#N)cc2)c1O. The Kier molecular flexibility index (Phi) is 8.81. The van der Waals surface area contributed by atoms with Gasteiger partial charge in [0.05, 0.1) is 31.5 Å². The maximum atomic E-state index is 12.1. The Balaban J connectivity index is 1.73. The Morgan fingerprint density at radius 3 is 2.57 bits per heavy atom. The number of nitriles is 1. The number of para-hydroxylation sites is 1. The van der Waals surface area contributed by atoms with Crippen LogP contribution in [0.5, 0.6) is 11.5 Å². The number of phenols is 1. The molecular weight excluding hydrogens is 382 g/mol. The Hall–Kier alpha value is -3.41. The van der Waals surface area contributed by atoms with E-state index in [9.17, 15) is 9.90 Å². The second-order valence-corrected chi connectivity index (χ2v) is 6.98. The van der Waals surface area contributed by atoms with Crippen LogP contribution in [0, 0.1) is 11.3 Å². The fourth-order valence-corrected chi connectivity index (χ4v) is 2.76. The maximum Gasteiger partial charge on any atom is 0.254 e. The van der Waals surface area contributed by atoms with E-state index in [1.54, 1.807) is 18.2 Å². The molecule has 8 heteroatoms. The van der Waals surface area contributed by atoms with E-state index >= 15 is 0 Å². The average Bonchev–Trinajstić information content (AvgIpc) is 2.74. The molecule has 0 aliphatic heterocycles. The highest BCUT2D eigenvalue weighted by molar-refractivity contribution is 5.86. The monoisotopic (exact) mass is 409 g/mol. The second kappa shape index (κ2) is 11.6. The number of hydrogen-bond donors (Lipinski definition) is 2. The topological polar surface area (TPSA) is 101 Å². The summed E-state index contributed by atoms with van der Waals surface area (Å²) in [5.74, 6) is 0.0708. The number of rotatable bonds is 10. The van der Waals surface area contributed by atoms with Gasteiger partial charge in [-0.1, -0.05) is 18.2 Å². The van der Waals surface area contributed by atoms with Crippen LogP contribution in [-0.2, 0) is 11.3 Å². The van der Waals surface area contributed by atoms with Gasteiger partial charge in [-0.05, 0) is 43.9 Å². The number of phenolic OH excluding ortho intramolecular Hbond substituents is 1. The lowest BCUT2D eigenvalue weighted by Gasteiger charge is -2.21. The van der Waals surface area contributed by atoms with Gasteiger partial charge in [0.25, 0.3) is 5.91 Å². The first kappa shape index (κ1) is 22.9. The molecule has 0 saturated carbocycles. The number of aromatic hydroxyl groups is 1. The zero-order valence-corrected chi connectivity index (χ0v) is 17.5. The first-order valence-corrected chi connectivity index (χ1v) is 9.47. The molecule has 0 atom stereocenters. The third kappa shape index (κ3) is 7.20. The minimum atomic E-state index is -0.245. The number of carbonyl (C=O) groups is 1. The number of nitrogens with one attached hydrogen (secondary N) is 1. The van der Waals surface area contributed by atoms with E-state index in [1.807, 2.05) is 43.3 Å². The highest BCUT2D eigenvalue weighted by atomic mass is 16.5. The predicted octanol–water partition coefficient (Wildman–Crippen LogP) is 1.79. The van der Waals surface area contributed by atoms with Gasteiger partial charge in [-0.15, -0.1) is 0 Å². The van der Waals surface area contributed by atoms with Crippen molar-refractivity contribution < 1.29 is 14.6 Å². The summed E-state index contributed by atoms with van der Waals surface area (Å²) in [6.45, 7) is 2.46. The summed E-state index contributed by atoms with van der Waals surface area (Å²) in [6.07, 6.45) is 1.38. The van der Waals surface area contributed by atoms with E-state index in [4.69, 9.17) is 10.00 Å². The lowest BCUT2D eigenvalue weighted by molar-refractivity contribution is -0.121. The number of amides is 1. The quantitative estimate of drug-likeness (QED) is 0.458. The van der Waals surface area contributed by atoms with Crippen molar-refractivity contribution in [1.29, 1.82) is 5.26 Å². The number of benzene rings is 2. The molecule has 0 unspecified atom stereocenters. The molecule has 1 amide bonds. The summed E-state index contributed by atoms with van der Waals surface area (Å²) < 4.78 is 5.04. The molecule has 2 aromatic carbocycles. The molecule has 8 nitrogen and oxygen atoms in total. The maximum absolute atomic E-state index is 12.1. The highest BCUT2D eigenvalue weighted by Crippen LogP contribution is 2.27. The van der Waals surface area contributed by atoms with Crippen molar-refractivity contribution in [2.75, 3.05) is 40.8 Å². The summed E-state index contributed by atoms with van der Waals surface area (Å²) >= 11 is 0. The fraction of sp³-hybridized carbons (Fsp3) is 0.318. The molecule has 2 rings (SSSR count). The normalized spacial score (nSPS) is 11.1. The van der Waals surface area contributed by atoms with Gasteiger partial charge in [0, 0.05) is 25.2 Å². The summed E-state index contributed by atoms with van der Waals surface area (Å²) in [6, 6.07) is 14.7. The third-order valence-electron chi connectivity index (χ3n) is 4.46. The number of carbonyl (C=O) groups excluding carboxylic acids is 1. The number of nitrogens with zero attached hydrogens (tertiary/aromatic N) is 4. The Morgan fingerprint density at radius 1 is 1.20 bits per heavy atom. The van der Waals surface area contributed by atoms with Crippen LogP contribution < -0.4 is 10.2 Å². The van der Waals surface area contributed by atoms with Gasteiger partial charge in [-0.2, -0.15) is 10.4 Å². The molecule has 0 aliphatic rings. The molecule has 30 heavy (non-hydrogen) atoms. The molecule has 2 N–H and O–H groups in total. The zero-order chi connectivity index (χ0) is 21.9. The summed E-state index contributed by atoms with van der Waals surface area (Å²) in [5.41, 5.74) is 4.69. The first-order valence-electron chi connectivity index (χ1n) is 9.47.